The van der Waals surface area contributed by atoms with Crippen molar-refractivity contribution < 1.29 is 9.53 Å². The zero-order chi connectivity index (χ0) is 13.1. The molecule has 1 aromatic carbocycles. The van der Waals surface area contributed by atoms with Crippen molar-refractivity contribution in [1.82, 2.24) is 5.32 Å². The van der Waals surface area contributed by atoms with Gasteiger partial charge in [-0.15, -0.1) is 12.4 Å². The first-order chi connectivity index (χ1) is 8.58. The van der Waals surface area contributed by atoms with Gasteiger partial charge in [-0.3, -0.25) is 4.79 Å². The zero-order valence-corrected chi connectivity index (χ0v) is 12.5. The Bertz CT molecular complexity index is 454. The van der Waals surface area contributed by atoms with Crippen LogP contribution in [-0.2, 0) is 9.53 Å². The normalized spacial score (nSPS) is 22.5. The number of morpholine rings is 1. The third-order valence-corrected chi connectivity index (χ3v) is 3.28. The van der Waals surface area contributed by atoms with E-state index in [0.717, 1.165) is 11.3 Å². The maximum atomic E-state index is 12.1. The van der Waals surface area contributed by atoms with Crippen LogP contribution in [0, 0.1) is 6.92 Å². The lowest BCUT2D eigenvalue weighted by atomic mass is 10.1. The van der Waals surface area contributed by atoms with Gasteiger partial charge < -0.3 is 15.4 Å². The highest BCUT2D eigenvalue weighted by Gasteiger charge is 2.28. The summed E-state index contributed by atoms with van der Waals surface area (Å²) in [5.41, 5.74) is 1.73. The van der Waals surface area contributed by atoms with Crippen molar-refractivity contribution in [3.63, 3.8) is 0 Å². The first kappa shape index (κ1) is 16.2. The Morgan fingerprint density at radius 3 is 2.89 bits per heavy atom. The number of ether oxygens (including phenoxy) is 1. The number of carbonyl (C=O) groups is 1. The van der Waals surface area contributed by atoms with Gasteiger partial charge in [0.05, 0.1) is 12.7 Å². The Hall–Kier alpha value is -0.810. The molecule has 0 unspecified atom stereocenters. The molecule has 1 fully saturated rings. The molecule has 0 aliphatic carbocycles. The molecular weight excluding hydrogens is 287 g/mol. The topological polar surface area (TPSA) is 50.4 Å². The van der Waals surface area contributed by atoms with E-state index in [0.29, 0.717) is 18.2 Å². The van der Waals surface area contributed by atoms with Crippen LogP contribution in [0.5, 0.6) is 0 Å². The highest BCUT2D eigenvalue weighted by atomic mass is 35.5. The molecule has 1 aromatic rings. The predicted molar refractivity (Wildman–Crippen MR) is 79.3 cm³/mol. The van der Waals surface area contributed by atoms with Crippen LogP contribution in [0.4, 0.5) is 5.69 Å². The van der Waals surface area contributed by atoms with Gasteiger partial charge in [0, 0.05) is 17.3 Å². The number of rotatable bonds is 2. The van der Waals surface area contributed by atoms with E-state index in [-0.39, 0.29) is 30.5 Å². The Morgan fingerprint density at radius 1 is 1.53 bits per heavy atom. The molecule has 2 N–H and O–H groups in total. The van der Waals surface area contributed by atoms with E-state index >= 15 is 0 Å². The number of hydrogen-bond donors (Lipinski definition) is 2. The second-order valence-corrected chi connectivity index (χ2v) is 4.89. The number of halogens is 2. The average molecular weight is 305 g/mol. The molecule has 2 atom stereocenters. The molecular formula is C13H18Cl2N2O2. The molecule has 1 heterocycles. The van der Waals surface area contributed by atoms with E-state index in [1.54, 1.807) is 6.07 Å². The van der Waals surface area contributed by atoms with Crippen molar-refractivity contribution in [2.24, 2.45) is 0 Å². The fourth-order valence-electron chi connectivity index (χ4n) is 2.01. The van der Waals surface area contributed by atoms with Crippen LogP contribution in [0.15, 0.2) is 18.2 Å². The zero-order valence-electron chi connectivity index (χ0n) is 10.9. The van der Waals surface area contributed by atoms with Gasteiger partial charge in [-0.2, -0.15) is 0 Å². The van der Waals surface area contributed by atoms with Gasteiger partial charge >= 0.3 is 0 Å². The number of amides is 1. The highest BCUT2D eigenvalue weighted by Crippen LogP contribution is 2.20. The Balaban J connectivity index is 0.00000180. The van der Waals surface area contributed by atoms with Crippen molar-refractivity contribution in [2.75, 3.05) is 18.5 Å². The molecule has 0 spiro atoms. The number of nitrogens with one attached hydrogen (secondary N) is 2. The minimum Gasteiger partial charge on any atom is -0.375 e. The van der Waals surface area contributed by atoms with Gasteiger partial charge in [0.1, 0.15) is 6.04 Å². The van der Waals surface area contributed by atoms with Gasteiger partial charge in [-0.05, 0) is 37.6 Å². The Labute approximate surface area is 124 Å². The monoisotopic (exact) mass is 304 g/mol. The summed E-state index contributed by atoms with van der Waals surface area (Å²) >= 11 is 5.88. The summed E-state index contributed by atoms with van der Waals surface area (Å²) in [6.07, 6.45) is -0.119. The average Bonchev–Trinajstić information content (AvgIpc) is 2.33. The first-order valence-electron chi connectivity index (χ1n) is 6.00. The number of carbonyl (C=O) groups excluding carboxylic acids is 1. The number of aryl methyl sites for hydroxylation is 1. The van der Waals surface area contributed by atoms with Gasteiger partial charge in [-0.1, -0.05) is 11.6 Å². The van der Waals surface area contributed by atoms with Crippen LogP contribution in [-0.4, -0.2) is 31.2 Å². The summed E-state index contributed by atoms with van der Waals surface area (Å²) in [5.74, 6) is -0.0763. The fourth-order valence-corrected chi connectivity index (χ4v) is 2.23. The van der Waals surface area contributed by atoms with Crippen molar-refractivity contribution in [3.8, 4) is 0 Å². The molecule has 106 valence electrons. The third-order valence-electron chi connectivity index (χ3n) is 3.05. The van der Waals surface area contributed by atoms with E-state index in [9.17, 15) is 4.79 Å². The summed E-state index contributed by atoms with van der Waals surface area (Å²) in [6, 6.07) is 5.09. The molecule has 0 bridgehead atoms. The summed E-state index contributed by atoms with van der Waals surface area (Å²) in [6.45, 7) is 5.15. The van der Waals surface area contributed by atoms with Crippen LogP contribution < -0.4 is 10.6 Å². The first-order valence-corrected chi connectivity index (χ1v) is 6.38. The second-order valence-electron chi connectivity index (χ2n) is 4.46. The molecule has 1 saturated heterocycles. The van der Waals surface area contributed by atoms with Crippen molar-refractivity contribution in [3.05, 3.63) is 28.8 Å². The van der Waals surface area contributed by atoms with E-state index in [4.69, 9.17) is 16.3 Å². The number of hydrogen-bond acceptors (Lipinski definition) is 3. The van der Waals surface area contributed by atoms with Crippen LogP contribution >= 0.6 is 24.0 Å². The van der Waals surface area contributed by atoms with E-state index in [1.165, 1.54) is 0 Å². The molecule has 1 aliphatic rings. The minimum absolute atomic E-state index is 0. The number of benzene rings is 1. The SMILES string of the molecule is Cc1cc(Cl)ccc1NC(=O)[C@H]1NCCO[C@@H]1C.Cl. The lowest BCUT2D eigenvalue weighted by molar-refractivity contribution is -0.123. The molecule has 0 saturated carbocycles. The van der Waals surface area contributed by atoms with Gasteiger partial charge in [0.15, 0.2) is 0 Å². The molecule has 0 aromatic heterocycles. The van der Waals surface area contributed by atoms with Gasteiger partial charge in [-0.25, -0.2) is 0 Å². The highest BCUT2D eigenvalue weighted by molar-refractivity contribution is 6.30. The lowest BCUT2D eigenvalue weighted by Gasteiger charge is -2.29. The second kappa shape index (κ2) is 7.10. The molecule has 0 radical (unpaired) electrons. The largest absolute Gasteiger partial charge is 0.375 e. The predicted octanol–water partition coefficient (Wildman–Crippen LogP) is 2.39. The van der Waals surface area contributed by atoms with Crippen molar-refractivity contribution in [1.29, 1.82) is 0 Å². The Kier molecular flexibility index (Phi) is 6.07. The Morgan fingerprint density at radius 2 is 2.26 bits per heavy atom. The molecule has 1 aliphatic heterocycles. The van der Waals surface area contributed by atoms with Crippen molar-refractivity contribution >= 4 is 35.6 Å². The standard InChI is InChI=1S/C13H17ClN2O2.ClH/c1-8-7-10(14)3-4-11(8)16-13(17)12-9(2)18-6-5-15-12;/h3-4,7,9,12,15H,5-6H2,1-2H3,(H,16,17);1H/t9-,12+;/m1./s1. The van der Waals surface area contributed by atoms with Crippen LogP contribution in [0.25, 0.3) is 0 Å². The smallest absolute Gasteiger partial charge is 0.244 e. The number of anilines is 1. The molecule has 6 heteroatoms. The van der Waals surface area contributed by atoms with E-state index < -0.39 is 0 Å². The minimum atomic E-state index is -0.311. The van der Waals surface area contributed by atoms with E-state index in [1.807, 2.05) is 26.0 Å². The van der Waals surface area contributed by atoms with Crippen LogP contribution in [0.2, 0.25) is 5.02 Å². The summed E-state index contributed by atoms with van der Waals surface area (Å²) in [5, 5.41) is 6.72. The summed E-state index contributed by atoms with van der Waals surface area (Å²) in [7, 11) is 0. The fraction of sp³-hybridized carbons (Fsp3) is 0.462. The lowest BCUT2D eigenvalue weighted by Crippen LogP contribution is -2.53. The third kappa shape index (κ3) is 4.08. The van der Waals surface area contributed by atoms with Gasteiger partial charge in [0.25, 0.3) is 0 Å². The molecule has 4 nitrogen and oxygen atoms in total. The van der Waals surface area contributed by atoms with Crippen LogP contribution in [0.1, 0.15) is 12.5 Å². The maximum absolute atomic E-state index is 12.1. The molecule has 2 rings (SSSR count). The quantitative estimate of drug-likeness (QED) is 0.882. The van der Waals surface area contributed by atoms with Crippen molar-refractivity contribution in [2.45, 2.75) is 26.0 Å². The summed E-state index contributed by atoms with van der Waals surface area (Å²) < 4.78 is 5.45. The van der Waals surface area contributed by atoms with Gasteiger partial charge in [0.2, 0.25) is 5.91 Å². The molecule has 19 heavy (non-hydrogen) atoms. The summed E-state index contributed by atoms with van der Waals surface area (Å²) in [4.78, 5) is 12.1. The van der Waals surface area contributed by atoms with E-state index in [2.05, 4.69) is 10.6 Å². The van der Waals surface area contributed by atoms with Crippen LogP contribution in [0.3, 0.4) is 0 Å². The molecule has 1 amide bonds. The maximum Gasteiger partial charge on any atom is 0.244 e.